The predicted molar refractivity (Wildman–Crippen MR) is 81.3 cm³/mol. The maximum Gasteiger partial charge on any atom is 0.274 e. The summed E-state index contributed by atoms with van der Waals surface area (Å²) in [7, 11) is 0. The van der Waals surface area contributed by atoms with Gasteiger partial charge >= 0.3 is 0 Å². The Morgan fingerprint density at radius 2 is 2.14 bits per heavy atom. The number of rotatable bonds is 5. The van der Waals surface area contributed by atoms with Crippen molar-refractivity contribution in [2.45, 2.75) is 38.1 Å². The number of hydrogen-bond acceptors (Lipinski definition) is 5. The molecule has 1 aliphatic carbocycles. The molecular weight excluding hydrogens is 284 g/mol. The Morgan fingerprint density at radius 3 is 2.73 bits per heavy atom. The lowest BCUT2D eigenvalue weighted by atomic mass is 10.00. The van der Waals surface area contributed by atoms with E-state index in [1.807, 2.05) is 0 Å². The van der Waals surface area contributed by atoms with Crippen LogP contribution in [0.15, 0.2) is 18.2 Å². The summed E-state index contributed by atoms with van der Waals surface area (Å²) in [6, 6.07) is 6.87. The van der Waals surface area contributed by atoms with Crippen molar-refractivity contribution in [3.8, 4) is 6.07 Å². The average Bonchev–Trinajstić information content (AvgIpc) is 2.95. The highest BCUT2D eigenvalue weighted by atomic mass is 16.6. The van der Waals surface area contributed by atoms with Crippen LogP contribution in [-0.2, 0) is 4.79 Å². The van der Waals surface area contributed by atoms with Crippen LogP contribution in [0, 0.1) is 28.4 Å². The molecule has 0 aliphatic heterocycles. The van der Waals surface area contributed by atoms with E-state index in [4.69, 9.17) is 0 Å². The molecule has 7 heteroatoms. The van der Waals surface area contributed by atoms with Crippen molar-refractivity contribution in [3.05, 3.63) is 33.9 Å². The molecule has 22 heavy (non-hydrogen) atoms. The third-order valence-electron chi connectivity index (χ3n) is 3.99. The molecule has 7 nitrogen and oxygen atoms in total. The Hall–Kier alpha value is -2.62. The highest BCUT2D eigenvalue weighted by Gasteiger charge is 2.35. The fourth-order valence-electron chi connectivity index (χ4n) is 2.74. The van der Waals surface area contributed by atoms with Crippen LogP contribution >= 0.6 is 0 Å². The number of nitrogens with one attached hydrogen (secondary N) is 2. The molecule has 1 aromatic rings. The zero-order chi connectivity index (χ0) is 16.2. The quantitative estimate of drug-likeness (QED) is 0.640. The molecule has 1 aliphatic rings. The van der Waals surface area contributed by atoms with E-state index in [0.29, 0.717) is 24.1 Å². The van der Waals surface area contributed by atoms with E-state index in [-0.39, 0.29) is 18.1 Å². The van der Waals surface area contributed by atoms with E-state index in [2.05, 4.69) is 16.7 Å². The van der Waals surface area contributed by atoms with Gasteiger partial charge in [-0.1, -0.05) is 6.07 Å². The fourth-order valence-corrected chi connectivity index (χ4v) is 2.74. The summed E-state index contributed by atoms with van der Waals surface area (Å²) >= 11 is 0. The van der Waals surface area contributed by atoms with E-state index >= 15 is 0 Å². The molecule has 0 aromatic heterocycles. The lowest BCUT2D eigenvalue weighted by Gasteiger charge is -2.22. The molecule has 2 rings (SSSR count). The molecule has 0 saturated heterocycles. The molecule has 0 bridgehead atoms. The van der Waals surface area contributed by atoms with Crippen LogP contribution in [0.25, 0.3) is 0 Å². The van der Waals surface area contributed by atoms with E-state index in [9.17, 15) is 20.2 Å². The maximum absolute atomic E-state index is 12.0. The molecule has 0 radical (unpaired) electrons. The number of nitrogens with zero attached hydrogens (tertiary/aromatic N) is 2. The molecule has 1 saturated carbocycles. The number of carbonyl (C=O) groups excluding carboxylic acids is 1. The fraction of sp³-hybridized carbons (Fsp3) is 0.467. The van der Waals surface area contributed by atoms with Gasteiger partial charge < -0.3 is 10.6 Å². The zero-order valence-electron chi connectivity index (χ0n) is 12.4. The first-order valence-electron chi connectivity index (χ1n) is 7.17. The average molecular weight is 302 g/mol. The predicted octanol–water partition coefficient (Wildman–Crippen LogP) is 2.27. The van der Waals surface area contributed by atoms with Crippen LogP contribution in [0.2, 0.25) is 0 Å². The van der Waals surface area contributed by atoms with Gasteiger partial charge in [-0.15, -0.1) is 0 Å². The first-order chi connectivity index (χ1) is 10.5. The molecule has 1 aromatic carbocycles. The van der Waals surface area contributed by atoms with Crippen LogP contribution in [0.5, 0.6) is 0 Å². The minimum Gasteiger partial charge on any atom is -0.376 e. The summed E-state index contributed by atoms with van der Waals surface area (Å²) in [4.78, 5) is 22.4. The van der Waals surface area contributed by atoms with Crippen LogP contribution < -0.4 is 10.6 Å². The number of carbonyl (C=O) groups is 1. The minimum absolute atomic E-state index is 0.00898. The van der Waals surface area contributed by atoms with Gasteiger partial charge in [0.1, 0.15) is 5.54 Å². The Labute approximate surface area is 128 Å². The third kappa shape index (κ3) is 3.34. The second-order valence-electron chi connectivity index (χ2n) is 5.51. The molecule has 0 heterocycles. The summed E-state index contributed by atoms with van der Waals surface area (Å²) in [6.45, 7) is 1.61. The number of anilines is 1. The van der Waals surface area contributed by atoms with E-state index in [1.165, 1.54) is 6.07 Å². The Balaban J connectivity index is 1.99. The summed E-state index contributed by atoms with van der Waals surface area (Å²) in [6.07, 6.45) is 3.21. The van der Waals surface area contributed by atoms with Crippen LogP contribution in [0.3, 0.4) is 0 Å². The van der Waals surface area contributed by atoms with Crippen molar-refractivity contribution in [3.63, 3.8) is 0 Å². The number of amides is 1. The monoisotopic (exact) mass is 302 g/mol. The maximum atomic E-state index is 12.0. The zero-order valence-corrected chi connectivity index (χ0v) is 12.4. The molecule has 116 valence electrons. The topological polar surface area (TPSA) is 108 Å². The third-order valence-corrected chi connectivity index (χ3v) is 3.99. The van der Waals surface area contributed by atoms with E-state index in [0.717, 1.165) is 12.8 Å². The van der Waals surface area contributed by atoms with Crippen molar-refractivity contribution < 1.29 is 9.72 Å². The van der Waals surface area contributed by atoms with Crippen LogP contribution in [0.1, 0.15) is 31.2 Å². The molecule has 2 N–H and O–H groups in total. The number of benzene rings is 1. The minimum atomic E-state index is -0.753. The van der Waals surface area contributed by atoms with E-state index in [1.54, 1.807) is 19.1 Å². The van der Waals surface area contributed by atoms with Gasteiger partial charge in [-0.05, 0) is 38.7 Å². The lowest BCUT2D eigenvalue weighted by Crippen LogP contribution is -2.47. The summed E-state index contributed by atoms with van der Waals surface area (Å²) in [5.41, 5.74) is 0.281. The van der Waals surface area contributed by atoms with Crippen molar-refractivity contribution in [2.75, 3.05) is 11.9 Å². The van der Waals surface area contributed by atoms with Gasteiger partial charge in [-0.25, -0.2) is 0 Å². The largest absolute Gasteiger partial charge is 0.376 e. The first-order valence-corrected chi connectivity index (χ1v) is 7.17. The summed E-state index contributed by atoms with van der Waals surface area (Å²) in [5.74, 6) is -0.283. The number of nitro groups is 1. The van der Waals surface area contributed by atoms with Gasteiger partial charge in [0.15, 0.2) is 0 Å². The SMILES string of the molecule is Cc1c(NCC(=O)NC2(C#N)CCCC2)cccc1[N+](=O)[O-]. The van der Waals surface area contributed by atoms with Crippen molar-refractivity contribution in [2.24, 2.45) is 0 Å². The van der Waals surface area contributed by atoms with Gasteiger partial charge in [-0.2, -0.15) is 5.26 Å². The van der Waals surface area contributed by atoms with Gasteiger partial charge in [0.2, 0.25) is 5.91 Å². The first kappa shape index (κ1) is 15.8. The van der Waals surface area contributed by atoms with Gasteiger partial charge in [0.05, 0.1) is 17.5 Å². The number of hydrogen-bond donors (Lipinski definition) is 2. The Bertz CT molecular complexity index is 630. The Morgan fingerprint density at radius 1 is 1.45 bits per heavy atom. The number of nitro benzene ring substituents is 1. The summed E-state index contributed by atoms with van der Waals surface area (Å²) < 4.78 is 0. The summed E-state index contributed by atoms with van der Waals surface area (Å²) in [5, 5.41) is 25.8. The Kier molecular flexibility index (Phi) is 4.61. The van der Waals surface area contributed by atoms with Gasteiger partial charge in [0.25, 0.3) is 5.69 Å². The highest BCUT2D eigenvalue weighted by Crippen LogP contribution is 2.29. The van der Waals surface area contributed by atoms with Crippen molar-refractivity contribution in [1.29, 1.82) is 5.26 Å². The van der Waals surface area contributed by atoms with Crippen molar-refractivity contribution >= 4 is 17.3 Å². The van der Waals surface area contributed by atoms with Gasteiger partial charge in [-0.3, -0.25) is 14.9 Å². The normalized spacial score (nSPS) is 15.8. The number of nitriles is 1. The standard InChI is InChI=1S/C15H18N4O3/c1-11-12(5-4-6-13(11)19(21)22)17-9-14(20)18-15(10-16)7-2-3-8-15/h4-6,17H,2-3,7-9H2,1H3,(H,18,20). The highest BCUT2D eigenvalue weighted by molar-refractivity contribution is 5.82. The van der Waals surface area contributed by atoms with Gasteiger partial charge in [0, 0.05) is 17.3 Å². The second kappa shape index (κ2) is 6.43. The van der Waals surface area contributed by atoms with E-state index < -0.39 is 10.5 Å². The van der Waals surface area contributed by atoms with Crippen LogP contribution in [-0.4, -0.2) is 22.9 Å². The van der Waals surface area contributed by atoms with Crippen molar-refractivity contribution in [1.82, 2.24) is 5.32 Å². The molecular formula is C15H18N4O3. The molecule has 0 spiro atoms. The molecule has 1 fully saturated rings. The second-order valence-corrected chi connectivity index (χ2v) is 5.51. The molecule has 1 amide bonds. The molecule has 0 unspecified atom stereocenters. The molecule has 0 atom stereocenters. The smallest absolute Gasteiger partial charge is 0.274 e. The van der Waals surface area contributed by atoms with Crippen LogP contribution in [0.4, 0.5) is 11.4 Å². The lowest BCUT2D eigenvalue weighted by molar-refractivity contribution is -0.385.